The molecule has 18 heavy (non-hydrogen) atoms. The molecule has 0 saturated heterocycles. The van der Waals surface area contributed by atoms with Gasteiger partial charge in [0.1, 0.15) is 6.33 Å². The van der Waals surface area contributed by atoms with Crippen molar-refractivity contribution in [2.75, 3.05) is 5.43 Å². The molecule has 0 aliphatic heterocycles. The minimum absolute atomic E-state index is 0.145. The molecule has 1 amide bonds. The van der Waals surface area contributed by atoms with E-state index in [0.717, 1.165) is 14.8 Å². The van der Waals surface area contributed by atoms with Crippen molar-refractivity contribution in [3.63, 3.8) is 0 Å². The lowest BCUT2D eigenvalue weighted by Gasteiger charge is -2.04. The van der Waals surface area contributed by atoms with Crippen molar-refractivity contribution in [3.05, 3.63) is 51.4 Å². The Morgan fingerprint density at radius 2 is 2.11 bits per heavy atom. The minimum Gasteiger partial charge on any atom is -0.266 e. The van der Waals surface area contributed by atoms with E-state index in [-0.39, 0.29) is 5.91 Å². The van der Waals surface area contributed by atoms with Crippen molar-refractivity contribution in [1.82, 2.24) is 9.66 Å². The Balaban J connectivity index is 1.90. The summed E-state index contributed by atoms with van der Waals surface area (Å²) in [5.41, 5.74) is 4.53. The first-order valence-corrected chi connectivity index (χ1v) is 6.84. The first-order chi connectivity index (χ1) is 8.74. The number of hydrogen-bond donors (Lipinski definition) is 1. The highest BCUT2D eigenvalue weighted by Gasteiger charge is 2.10. The molecular weight excluding hydrogens is 314 g/mol. The van der Waals surface area contributed by atoms with Gasteiger partial charge in [0.25, 0.3) is 5.91 Å². The number of thiophene rings is 1. The number of fused-ring (bicyclic) bond motifs is 1. The number of halogens is 1. The largest absolute Gasteiger partial charge is 0.280 e. The number of carbonyl (C=O) groups excluding carboxylic acids is 1. The van der Waals surface area contributed by atoms with Crippen LogP contribution >= 0.6 is 27.3 Å². The van der Waals surface area contributed by atoms with Crippen LogP contribution in [0.25, 0.3) is 11.0 Å². The van der Waals surface area contributed by atoms with Gasteiger partial charge in [-0.25, -0.2) is 9.66 Å². The second kappa shape index (κ2) is 4.55. The highest BCUT2D eigenvalue weighted by Crippen LogP contribution is 2.22. The van der Waals surface area contributed by atoms with E-state index in [4.69, 9.17) is 0 Å². The summed E-state index contributed by atoms with van der Waals surface area (Å²) < 4.78 is 2.56. The van der Waals surface area contributed by atoms with Crippen molar-refractivity contribution in [3.8, 4) is 0 Å². The maximum Gasteiger partial charge on any atom is 0.280 e. The zero-order chi connectivity index (χ0) is 12.5. The molecular formula is C12H8BrN3OS. The maximum absolute atomic E-state index is 12.0. The van der Waals surface area contributed by atoms with E-state index < -0.39 is 0 Å². The number of carbonyl (C=O) groups is 1. The Kier molecular flexibility index (Phi) is 2.89. The molecule has 90 valence electrons. The smallest absolute Gasteiger partial charge is 0.266 e. The summed E-state index contributed by atoms with van der Waals surface area (Å²) in [6.45, 7) is 0. The summed E-state index contributed by atoms with van der Waals surface area (Å²) >= 11 is 4.73. The van der Waals surface area contributed by atoms with Crippen molar-refractivity contribution < 1.29 is 4.79 Å². The van der Waals surface area contributed by atoms with E-state index in [1.165, 1.54) is 11.3 Å². The fraction of sp³-hybridized carbons (Fsp3) is 0. The van der Waals surface area contributed by atoms with E-state index >= 15 is 0 Å². The molecule has 3 aromatic rings. The zero-order valence-electron chi connectivity index (χ0n) is 9.13. The van der Waals surface area contributed by atoms with Gasteiger partial charge in [0.2, 0.25) is 0 Å². The highest BCUT2D eigenvalue weighted by atomic mass is 79.9. The monoisotopic (exact) mass is 321 g/mol. The Bertz CT molecular complexity index is 719. The van der Waals surface area contributed by atoms with Crippen molar-refractivity contribution in [1.29, 1.82) is 0 Å². The predicted molar refractivity (Wildman–Crippen MR) is 75.4 cm³/mol. The molecule has 6 heteroatoms. The molecule has 0 bridgehead atoms. The first kappa shape index (κ1) is 11.4. The third-order valence-corrected chi connectivity index (χ3v) is 4.09. The number of para-hydroxylation sites is 2. The molecule has 4 nitrogen and oxygen atoms in total. The van der Waals surface area contributed by atoms with Gasteiger partial charge in [0.15, 0.2) is 0 Å². The fourth-order valence-electron chi connectivity index (χ4n) is 1.65. The molecule has 2 aromatic heterocycles. The van der Waals surface area contributed by atoms with Gasteiger partial charge in [0, 0.05) is 0 Å². The Hall–Kier alpha value is -1.66. The summed E-state index contributed by atoms with van der Waals surface area (Å²) in [4.78, 5) is 16.9. The zero-order valence-corrected chi connectivity index (χ0v) is 11.5. The molecule has 0 aliphatic carbocycles. The van der Waals surface area contributed by atoms with Crippen LogP contribution in [-0.2, 0) is 0 Å². The van der Waals surface area contributed by atoms with E-state index in [1.807, 2.05) is 30.3 Å². The lowest BCUT2D eigenvalue weighted by Crippen LogP contribution is -2.20. The van der Waals surface area contributed by atoms with Crippen LogP contribution in [0.5, 0.6) is 0 Å². The molecule has 0 spiro atoms. The number of rotatable bonds is 2. The molecule has 1 aromatic carbocycles. The molecule has 0 radical (unpaired) electrons. The summed E-state index contributed by atoms with van der Waals surface area (Å²) in [7, 11) is 0. The Labute approximate surface area is 115 Å². The molecule has 0 aliphatic rings. The predicted octanol–water partition coefficient (Wildman–Crippen LogP) is 3.24. The number of hydrogen-bond acceptors (Lipinski definition) is 3. The van der Waals surface area contributed by atoms with Crippen LogP contribution in [-0.4, -0.2) is 15.6 Å². The average Bonchev–Trinajstić information content (AvgIpc) is 2.97. The van der Waals surface area contributed by atoms with Crippen molar-refractivity contribution in [2.24, 2.45) is 0 Å². The second-order valence-corrected chi connectivity index (χ2v) is 6.11. The molecule has 0 atom stereocenters. The quantitative estimate of drug-likeness (QED) is 0.787. The Morgan fingerprint density at radius 3 is 2.89 bits per heavy atom. The summed E-state index contributed by atoms with van der Waals surface area (Å²) in [6, 6.07) is 11.3. The van der Waals surface area contributed by atoms with E-state index in [2.05, 4.69) is 26.3 Å². The number of imidazole rings is 1. The lowest BCUT2D eigenvalue weighted by molar-refractivity contribution is 0.101. The van der Waals surface area contributed by atoms with Crippen LogP contribution < -0.4 is 5.43 Å². The molecule has 0 unspecified atom stereocenters. The average molecular weight is 322 g/mol. The second-order valence-electron chi connectivity index (χ2n) is 3.65. The number of amides is 1. The van der Waals surface area contributed by atoms with Crippen LogP contribution in [0.3, 0.4) is 0 Å². The van der Waals surface area contributed by atoms with Gasteiger partial charge in [-0.1, -0.05) is 12.1 Å². The van der Waals surface area contributed by atoms with Gasteiger partial charge in [0.05, 0.1) is 19.7 Å². The van der Waals surface area contributed by atoms with E-state index in [9.17, 15) is 4.79 Å². The number of nitrogens with one attached hydrogen (secondary N) is 1. The summed E-state index contributed by atoms with van der Waals surface area (Å²) in [5, 5.41) is 0. The van der Waals surface area contributed by atoms with Crippen LogP contribution in [0, 0.1) is 0 Å². The van der Waals surface area contributed by atoms with Crippen LogP contribution in [0.15, 0.2) is 46.5 Å². The van der Waals surface area contributed by atoms with Gasteiger partial charge < -0.3 is 0 Å². The van der Waals surface area contributed by atoms with Gasteiger partial charge >= 0.3 is 0 Å². The fourth-order valence-corrected chi connectivity index (χ4v) is 2.93. The molecule has 1 N–H and O–H groups in total. The summed E-state index contributed by atoms with van der Waals surface area (Å²) in [6.07, 6.45) is 1.60. The topological polar surface area (TPSA) is 46.9 Å². The first-order valence-electron chi connectivity index (χ1n) is 5.23. The number of nitrogens with zero attached hydrogens (tertiary/aromatic N) is 2. The standard InChI is InChI=1S/C12H8BrN3OS/c13-11-6-5-10(18-11)12(17)15-16-7-14-8-3-1-2-4-9(8)16/h1-7H,(H,15,17). The molecule has 0 saturated carbocycles. The van der Waals surface area contributed by atoms with Crippen molar-refractivity contribution in [2.45, 2.75) is 0 Å². The number of benzene rings is 1. The maximum atomic E-state index is 12.0. The normalized spacial score (nSPS) is 10.7. The van der Waals surface area contributed by atoms with Crippen LogP contribution in [0.1, 0.15) is 9.67 Å². The third kappa shape index (κ3) is 2.04. The Morgan fingerprint density at radius 1 is 1.28 bits per heavy atom. The van der Waals surface area contributed by atoms with Gasteiger partial charge in [-0.05, 0) is 40.2 Å². The lowest BCUT2D eigenvalue weighted by atomic mass is 10.3. The van der Waals surface area contributed by atoms with Crippen molar-refractivity contribution >= 4 is 44.2 Å². The minimum atomic E-state index is -0.145. The summed E-state index contributed by atoms with van der Waals surface area (Å²) in [5.74, 6) is -0.145. The molecule has 0 fully saturated rings. The molecule has 2 heterocycles. The third-order valence-electron chi connectivity index (χ3n) is 2.47. The molecule has 3 rings (SSSR count). The van der Waals surface area contributed by atoms with Gasteiger partial charge in [-0.3, -0.25) is 10.2 Å². The van der Waals surface area contributed by atoms with E-state index in [0.29, 0.717) is 4.88 Å². The van der Waals surface area contributed by atoms with Crippen LogP contribution in [0.4, 0.5) is 0 Å². The van der Waals surface area contributed by atoms with Gasteiger partial charge in [-0.2, -0.15) is 0 Å². The van der Waals surface area contributed by atoms with Gasteiger partial charge in [-0.15, -0.1) is 11.3 Å². The van der Waals surface area contributed by atoms with E-state index in [1.54, 1.807) is 17.1 Å². The SMILES string of the molecule is O=C(Nn1cnc2ccccc21)c1ccc(Br)s1. The highest BCUT2D eigenvalue weighted by molar-refractivity contribution is 9.11. The number of aromatic nitrogens is 2. The van der Waals surface area contributed by atoms with Crippen LogP contribution in [0.2, 0.25) is 0 Å².